The second-order valence-electron chi connectivity index (χ2n) is 5.63. The molecular weight excluding hydrogens is 288 g/mol. The van der Waals surface area contributed by atoms with Gasteiger partial charge in [-0.2, -0.15) is 0 Å². The number of pyridine rings is 1. The monoisotopic (exact) mass is 306 g/mol. The lowest BCUT2D eigenvalue weighted by Gasteiger charge is -2.15. The Morgan fingerprint density at radius 2 is 1.65 bits per heavy atom. The van der Waals surface area contributed by atoms with Crippen LogP contribution >= 0.6 is 0 Å². The molecule has 4 heteroatoms. The number of aromatic nitrogens is 1. The van der Waals surface area contributed by atoms with Crippen LogP contribution in [0.1, 0.15) is 11.4 Å². The van der Waals surface area contributed by atoms with Crippen molar-refractivity contribution in [2.45, 2.75) is 20.4 Å². The summed E-state index contributed by atoms with van der Waals surface area (Å²) in [6, 6.07) is 16.8. The Labute approximate surface area is 134 Å². The van der Waals surface area contributed by atoms with Gasteiger partial charge in [0.15, 0.2) is 5.43 Å². The predicted octanol–water partition coefficient (Wildman–Crippen LogP) is 3.26. The lowest BCUT2D eigenvalue weighted by molar-refractivity contribution is -0.116. The van der Waals surface area contributed by atoms with E-state index < -0.39 is 0 Å². The first-order chi connectivity index (χ1) is 11.0. The summed E-state index contributed by atoms with van der Waals surface area (Å²) in [5.74, 6) is -0.115. The molecule has 0 saturated carbocycles. The fraction of sp³-hybridized carbons (Fsp3) is 0.158. The Morgan fingerprint density at radius 3 is 2.39 bits per heavy atom. The number of aryl methyl sites for hydroxylation is 2. The number of hydrogen-bond donors (Lipinski definition) is 1. The van der Waals surface area contributed by atoms with Crippen LogP contribution in [0, 0.1) is 13.8 Å². The molecule has 23 heavy (non-hydrogen) atoms. The summed E-state index contributed by atoms with van der Waals surface area (Å²) in [6.07, 6.45) is 0. The van der Waals surface area contributed by atoms with Crippen LogP contribution in [0.5, 0.6) is 0 Å². The molecular formula is C19H18N2O2. The second-order valence-corrected chi connectivity index (χ2v) is 5.63. The Kier molecular flexibility index (Phi) is 3.98. The number of amides is 1. The van der Waals surface area contributed by atoms with E-state index in [1.165, 1.54) is 12.1 Å². The topological polar surface area (TPSA) is 51.1 Å². The highest BCUT2D eigenvalue weighted by Crippen LogP contribution is 2.22. The molecule has 0 saturated heterocycles. The molecule has 1 N–H and O–H groups in total. The Hall–Kier alpha value is -2.88. The summed E-state index contributed by atoms with van der Waals surface area (Å²) in [4.78, 5) is 23.9. The first-order valence-electron chi connectivity index (χ1n) is 7.50. The van der Waals surface area contributed by atoms with Gasteiger partial charge in [0, 0.05) is 34.6 Å². The van der Waals surface area contributed by atoms with Crippen LogP contribution in [-0.2, 0) is 11.3 Å². The average Bonchev–Trinajstić information content (AvgIpc) is 2.51. The summed E-state index contributed by atoms with van der Waals surface area (Å²) >= 11 is 0. The number of nitrogens with one attached hydrogen (secondary N) is 1. The molecule has 0 fully saturated rings. The molecule has 4 nitrogen and oxygen atoms in total. The quantitative estimate of drug-likeness (QED) is 0.807. The van der Waals surface area contributed by atoms with E-state index in [1.807, 2.05) is 60.9 Å². The molecule has 2 aromatic carbocycles. The van der Waals surface area contributed by atoms with Crippen LogP contribution < -0.4 is 10.7 Å². The van der Waals surface area contributed by atoms with Crippen molar-refractivity contribution in [3.8, 4) is 0 Å². The van der Waals surface area contributed by atoms with Gasteiger partial charge in [-0.05, 0) is 25.3 Å². The summed E-state index contributed by atoms with van der Waals surface area (Å²) < 4.78 is 1.84. The van der Waals surface area contributed by atoms with Gasteiger partial charge in [-0.15, -0.1) is 0 Å². The van der Waals surface area contributed by atoms with E-state index in [0.717, 1.165) is 27.8 Å². The average molecular weight is 306 g/mol. The molecule has 0 aliphatic heterocycles. The van der Waals surface area contributed by atoms with E-state index in [9.17, 15) is 9.59 Å². The number of carbonyl (C=O) groups excluding carboxylic acids is 1. The molecule has 0 unspecified atom stereocenters. The summed E-state index contributed by atoms with van der Waals surface area (Å²) in [5, 5.41) is 5.06. The maximum atomic E-state index is 12.4. The molecule has 0 spiro atoms. The van der Waals surface area contributed by atoms with Gasteiger partial charge in [-0.1, -0.05) is 36.4 Å². The van der Waals surface area contributed by atoms with Crippen molar-refractivity contribution >= 4 is 22.4 Å². The van der Waals surface area contributed by atoms with Gasteiger partial charge in [0.1, 0.15) is 6.54 Å². The Balaban J connectivity index is 1.86. The molecule has 1 aromatic heterocycles. The van der Waals surface area contributed by atoms with Crippen molar-refractivity contribution in [3.63, 3.8) is 0 Å². The molecule has 0 atom stereocenters. The minimum atomic E-state index is -0.115. The van der Waals surface area contributed by atoms with E-state index in [1.54, 1.807) is 0 Å². The minimum absolute atomic E-state index is 0.0364. The third-order valence-corrected chi connectivity index (χ3v) is 3.92. The van der Waals surface area contributed by atoms with E-state index >= 15 is 0 Å². The number of fused-ring (bicyclic) bond motifs is 1. The third-order valence-electron chi connectivity index (χ3n) is 3.92. The standard InChI is InChI=1S/C19H18N2O2/c1-13-10-16(22)11-14(2)21(13)12-19(23)20-18-9-5-7-15-6-3-4-8-17(15)18/h3-11H,12H2,1-2H3,(H,20,23). The molecule has 3 rings (SSSR count). The molecule has 1 heterocycles. The van der Waals surface area contributed by atoms with Crippen LogP contribution in [-0.4, -0.2) is 10.5 Å². The third kappa shape index (κ3) is 3.16. The Morgan fingerprint density at radius 1 is 1.00 bits per heavy atom. The zero-order valence-electron chi connectivity index (χ0n) is 13.2. The van der Waals surface area contributed by atoms with Gasteiger partial charge in [0.05, 0.1) is 0 Å². The normalized spacial score (nSPS) is 10.7. The van der Waals surface area contributed by atoms with Gasteiger partial charge in [-0.25, -0.2) is 0 Å². The van der Waals surface area contributed by atoms with Gasteiger partial charge >= 0.3 is 0 Å². The fourth-order valence-electron chi connectivity index (χ4n) is 2.80. The predicted molar refractivity (Wildman–Crippen MR) is 92.8 cm³/mol. The van der Waals surface area contributed by atoms with Crippen LogP contribution in [0.2, 0.25) is 0 Å². The number of rotatable bonds is 3. The fourth-order valence-corrected chi connectivity index (χ4v) is 2.80. The summed E-state index contributed by atoms with van der Waals surface area (Å²) in [6.45, 7) is 3.85. The lowest BCUT2D eigenvalue weighted by atomic mass is 10.1. The molecule has 0 aliphatic rings. The van der Waals surface area contributed by atoms with E-state index in [4.69, 9.17) is 0 Å². The van der Waals surface area contributed by atoms with E-state index in [0.29, 0.717) is 0 Å². The first-order valence-corrected chi connectivity index (χ1v) is 7.50. The number of nitrogens with zero attached hydrogens (tertiary/aromatic N) is 1. The maximum absolute atomic E-state index is 12.4. The molecule has 3 aromatic rings. The van der Waals surface area contributed by atoms with Gasteiger partial charge in [0.25, 0.3) is 0 Å². The largest absolute Gasteiger partial charge is 0.340 e. The van der Waals surface area contributed by atoms with Crippen molar-refractivity contribution < 1.29 is 4.79 Å². The van der Waals surface area contributed by atoms with Gasteiger partial charge < -0.3 is 9.88 Å². The highest BCUT2D eigenvalue weighted by atomic mass is 16.2. The number of benzene rings is 2. The number of anilines is 1. The number of carbonyl (C=O) groups is 1. The smallest absolute Gasteiger partial charge is 0.244 e. The van der Waals surface area contributed by atoms with Crippen molar-refractivity contribution in [3.05, 3.63) is 76.2 Å². The van der Waals surface area contributed by atoms with Crippen molar-refractivity contribution in [1.29, 1.82) is 0 Å². The van der Waals surface area contributed by atoms with Crippen molar-refractivity contribution in [1.82, 2.24) is 4.57 Å². The first kappa shape index (κ1) is 15.0. The highest BCUT2D eigenvalue weighted by molar-refractivity contribution is 6.02. The summed E-state index contributed by atoms with van der Waals surface area (Å²) in [5.41, 5.74) is 2.32. The van der Waals surface area contributed by atoms with Crippen molar-refractivity contribution in [2.75, 3.05) is 5.32 Å². The second kappa shape index (κ2) is 6.08. The summed E-state index contributed by atoms with van der Waals surface area (Å²) in [7, 11) is 0. The molecule has 116 valence electrons. The lowest BCUT2D eigenvalue weighted by Crippen LogP contribution is -2.23. The van der Waals surface area contributed by atoms with E-state index in [2.05, 4.69) is 5.32 Å². The zero-order valence-corrected chi connectivity index (χ0v) is 13.2. The van der Waals surface area contributed by atoms with Crippen LogP contribution in [0.15, 0.2) is 59.4 Å². The van der Waals surface area contributed by atoms with E-state index in [-0.39, 0.29) is 17.9 Å². The zero-order chi connectivity index (χ0) is 16.4. The minimum Gasteiger partial charge on any atom is -0.340 e. The highest BCUT2D eigenvalue weighted by Gasteiger charge is 2.09. The molecule has 0 radical (unpaired) electrons. The molecule has 1 amide bonds. The van der Waals surface area contributed by atoms with Crippen LogP contribution in [0.25, 0.3) is 10.8 Å². The molecule has 0 bridgehead atoms. The maximum Gasteiger partial charge on any atom is 0.244 e. The van der Waals surface area contributed by atoms with Gasteiger partial charge in [0.2, 0.25) is 5.91 Å². The Bertz CT molecular complexity index is 910. The van der Waals surface area contributed by atoms with Gasteiger partial charge in [-0.3, -0.25) is 9.59 Å². The van der Waals surface area contributed by atoms with Crippen molar-refractivity contribution in [2.24, 2.45) is 0 Å². The number of hydrogen-bond acceptors (Lipinski definition) is 2. The van der Waals surface area contributed by atoms with Crippen LogP contribution in [0.4, 0.5) is 5.69 Å². The SMILES string of the molecule is Cc1cc(=O)cc(C)n1CC(=O)Nc1cccc2ccccc12. The van der Waals surface area contributed by atoms with Crippen LogP contribution in [0.3, 0.4) is 0 Å². The molecule has 0 aliphatic carbocycles.